The van der Waals surface area contributed by atoms with Crippen molar-refractivity contribution in [2.75, 3.05) is 0 Å². The van der Waals surface area contributed by atoms with E-state index in [4.69, 9.17) is 13.0 Å². The molecule has 0 bridgehead atoms. The smallest absolute Gasteiger partial charge is 0.485 e. The van der Waals surface area contributed by atoms with Crippen molar-refractivity contribution >= 4 is 149 Å². The normalized spacial score (nSPS) is 11.3. The van der Waals surface area contributed by atoms with E-state index >= 15 is 0 Å². The Morgan fingerprint density at radius 1 is 0.232 bits per heavy atom. The van der Waals surface area contributed by atoms with Gasteiger partial charge in [-0.3, -0.25) is 0 Å². The summed E-state index contributed by atoms with van der Waals surface area (Å²) >= 11 is 0. The number of hydrogen-bond acceptors (Lipinski definition) is 3. The number of benzene rings is 16. The first-order chi connectivity index (χ1) is 52.1. The van der Waals surface area contributed by atoms with Gasteiger partial charge in [0.05, 0.1) is 0 Å². The van der Waals surface area contributed by atoms with Crippen molar-refractivity contribution in [2.45, 2.75) is 60.9 Å². The molecular formula is C97H84F3O5P4Pd2S-. The molecule has 0 aliphatic carbocycles. The molecule has 5 nitrogen and oxygen atoms in total. The Bertz CT molecular complexity index is 5150. The molecule has 0 amide bonds. The molecule has 4 N–H and O–H groups in total. The summed E-state index contributed by atoms with van der Waals surface area (Å²) in [5.74, 6) is 0. The Morgan fingerprint density at radius 2 is 0.366 bits per heavy atom. The number of alkyl halides is 3. The van der Waals surface area contributed by atoms with Crippen molar-refractivity contribution in [3.63, 3.8) is 0 Å². The second-order valence-corrected chi connectivity index (χ2v) is 37.8. The summed E-state index contributed by atoms with van der Waals surface area (Å²) in [6, 6.07) is 129. The van der Waals surface area contributed by atoms with Crippen LogP contribution < -0.4 is 63.7 Å². The Hall–Kier alpha value is -8.78. The number of hydrogen-bond donors (Lipinski definition) is 0. The van der Waals surface area contributed by atoms with Crippen molar-refractivity contribution < 1.29 is 77.9 Å². The third-order valence-corrected chi connectivity index (χ3v) is 30.2. The first kappa shape index (κ1) is 85.6. The monoisotopic (exact) mass is 1750 g/mol. The van der Waals surface area contributed by atoms with Gasteiger partial charge in [0.2, 0.25) is 0 Å². The largest absolute Gasteiger partial charge is 0.741 e. The van der Waals surface area contributed by atoms with Crippen LogP contribution in [0, 0.1) is 55.4 Å². The van der Waals surface area contributed by atoms with E-state index < -0.39 is 47.3 Å². The average molecular weight is 1760 g/mol. The maximum atomic E-state index is 10.7. The Balaban J connectivity index is 0.000000210. The fourth-order valence-corrected chi connectivity index (χ4v) is 23.8. The van der Waals surface area contributed by atoms with E-state index in [9.17, 15) is 13.2 Å². The number of aryl methyl sites for hydroxylation is 8. The van der Waals surface area contributed by atoms with E-state index in [2.05, 4.69) is 395 Å². The zero-order valence-corrected chi connectivity index (χ0v) is 70.5. The predicted molar refractivity (Wildman–Crippen MR) is 469 cm³/mol. The number of rotatable bonds is 14. The molecule has 0 unspecified atom stereocenters. The molecule has 0 atom stereocenters. The first-order valence-corrected chi connectivity index (χ1v) is 42.8. The van der Waals surface area contributed by atoms with Gasteiger partial charge in [-0.05, 0) is 216 Å². The molecule has 0 aliphatic rings. The van der Waals surface area contributed by atoms with Gasteiger partial charge < -0.3 is 15.5 Å². The van der Waals surface area contributed by atoms with E-state index in [1.165, 1.54) is 174 Å². The van der Waals surface area contributed by atoms with Gasteiger partial charge in [0.1, 0.15) is 0 Å². The Labute approximate surface area is 688 Å². The maximum absolute atomic E-state index is 10.7. The van der Waals surface area contributed by atoms with Crippen LogP contribution >= 0.6 is 31.7 Å². The molecule has 0 saturated heterocycles. The van der Waals surface area contributed by atoms with Gasteiger partial charge in [0.25, 0.3) is 0 Å². The molecule has 16 aromatic rings. The van der Waals surface area contributed by atoms with Gasteiger partial charge >= 0.3 is 5.51 Å². The van der Waals surface area contributed by atoms with Gasteiger partial charge in [-0.2, -0.15) is 13.2 Å². The zero-order valence-electron chi connectivity index (χ0n) is 63.0. The Morgan fingerprint density at radius 3 is 0.500 bits per heavy atom. The van der Waals surface area contributed by atoms with Crippen LogP contribution in [-0.4, -0.2) is 29.4 Å². The molecule has 0 heterocycles. The topological polar surface area (TPSA) is 120 Å². The molecule has 15 heteroatoms. The van der Waals surface area contributed by atoms with Crippen LogP contribution in [0.4, 0.5) is 13.2 Å². The summed E-state index contributed by atoms with van der Waals surface area (Å²) < 4.78 is 58.9. The molecule has 0 fully saturated rings. The van der Waals surface area contributed by atoms with Crippen molar-refractivity contribution in [3.05, 3.63) is 384 Å². The van der Waals surface area contributed by atoms with Gasteiger partial charge in [-0.1, -0.05) is 384 Å². The molecule has 16 aromatic carbocycles. The van der Waals surface area contributed by atoms with Gasteiger partial charge in [-0.25, -0.2) is 8.42 Å². The quantitative estimate of drug-likeness (QED) is 0.0467. The standard InChI is InChI=1S/2C48H40P2.CHF3O3S.2H2O.2Pd/c2*1-33-13-23-39(24-14-33)49(40-25-15-34(2)16-26-40)45-31-21-37-9-5-7-11-43(37)47(45)48-44-12-8-6-10-38(44)22-32-46(48)50(41-27-17-35(3)18-28-41)42-29-19-36(4)20-30-42;2-1(3,4)8(5,6)7;;;;/h2*5-32H,1-4H3;(H,5,6,7);2*1H2;;/p-1. The SMILES string of the molecule is Cc1ccc(P(c2ccc(C)cc2)c2ccc3ccccc3c2-c2c(P(c3ccc(C)cc3)c3ccc(C)cc3)ccc3ccccc23)cc1.Cc1ccc(P(c2ccc(C)cc2)c2ccc3ccccc3c2-c2c(P(c3ccc(C)cc3)c3ccc(C)cc3)ccc3ccccc23)cc1.O.O.O=S(=O)([O-])C(F)(F)F.[Pd].[Pd]. The predicted octanol–water partition coefficient (Wildman–Crippen LogP) is 19.2. The second-order valence-electron chi connectivity index (χ2n) is 27.6. The van der Waals surface area contributed by atoms with Gasteiger partial charge in [0.15, 0.2) is 10.1 Å². The van der Waals surface area contributed by atoms with Crippen LogP contribution in [0.3, 0.4) is 0 Å². The van der Waals surface area contributed by atoms with E-state index in [1.807, 2.05) is 0 Å². The zero-order chi connectivity index (χ0) is 75.4. The molecule has 0 aliphatic heterocycles. The van der Waals surface area contributed by atoms with Crippen molar-refractivity contribution in [2.24, 2.45) is 0 Å². The van der Waals surface area contributed by atoms with E-state index in [-0.39, 0.29) is 51.8 Å². The van der Waals surface area contributed by atoms with Crippen LogP contribution in [0.2, 0.25) is 0 Å². The molecule has 0 spiro atoms. The summed E-state index contributed by atoms with van der Waals surface area (Å²) in [6.45, 7) is 17.4. The number of fused-ring (bicyclic) bond motifs is 4. The summed E-state index contributed by atoms with van der Waals surface area (Å²) in [5.41, 5.74) is 10.0. The van der Waals surface area contributed by atoms with Crippen LogP contribution in [0.25, 0.3) is 65.3 Å². The van der Waals surface area contributed by atoms with Crippen LogP contribution in [0.5, 0.6) is 0 Å². The molecule has 0 radical (unpaired) electrons. The Kier molecular flexibility index (Phi) is 28.6. The minimum Gasteiger partial charge on any atom is -0.741 e. The molecule has 0 saturated carbocycles. The first-order valence-electron chi connectivity index (χ1n) is 36.0. The third kappa shape index (κ3) is 18.9. The molecular weight excluding hydrogens is 1670 g/mol. The van der Waals surface area contributed by atoms with E-state index in [1.54, 1.807) is 0 Å². The molecule has 570 valence electrons. The second kappa shape index (κ2) is 37.5. The molecule has 16 rings (SSSR count). The van der Waals surface area contributed by atoms with Gasteiger partial charge in [-0.15, -0.1) is 0 Å². The van der Waals surface area contributed by atoms with Gasteiger partial charge in [0, 0.05) is 40.8 Å². The molecule has 0 aromatic heterocycles. The number of halogens is 3. The summed E-state index contributed by atoms with van der Waals surface area (Å²) in [7, 11) is -9.63. The summed E-state index contributed by atoms with van der Waals surface area (Å²) in [6.07, 6.45) is 0. The minimum atomic E-state index is -6.09. The maximum Gasteiger partial charge on any atom is 0.485 e. The average Bonchev–Trinajstić information content (AvgIpc) is 0.734. The van der Waals surface area contributed by atoms with E-state index in [0.29, 0.717) is 0 Å². The third-order valence-electron chi connectivity index (χ3n) is 19.7. The minimum absolute atomic E-state index is 0. The molecule has 112 heavy (non-hydrogen) atoms. The fourth-order valence-electron chi connectivity index (χ4n) is 14.1. The van der Waals surface area contributed by atoms with Crippen molar-refractivity contribution in [3.8, 4) is 22.3 Å². The van der Waals surface area contributed by atoms with Crippen LogP contribution in [0.1, 0.15) is 44.5 Å². The fraction of sp³-hybridized carbons (Fsp3) is 0.0928. The van der Waals surface area contributed by atoms with Crippen molar-refractivity contribution in [1.82, 2.24) is 0 Å². The van der Waals surface area contributed by atoms with Crippen LogP contribution in [0.15, 0.2) is 340 Å². The van der Waals surface area contributed by atoms with Crippen molar-refractivity contribution in [1.29, 1.82) is 0 Å². The van der Waals surface area contributed by atoms with E-state index in [0.717, 1.165) is 0 Å². The summed E-state index contributed by atoms with van der Waals surface area (Å²) in [4.78, 5) is 0. The van der Waals surface area contributed by atoms with Crippen LogP contribution in [-0.2, 0) is 51.0 Å². The summed E-state index contributed by atoms with van der Waals surface area (Å²) in [5, 5.41) is 26.8.